The molecule has 94 valence electrons. The highest BCUT2D eigenvalue weighted by atomic mass is 35.5. The Morgan fingerprint density at radius 3 is 2.65 bits per heavy atom. The van der Waals surface area contributed by atoms with Crippen LogP contribution in [0.25, 0.3) is 0 Å². The Labute approximate surface area is 109 Å². The summed E-state index contributed by atoms with van der Waals surface area (Å²) >= 11 is 11.4. The van der Waals surface area contributed by atoms with Crippen LogP contribution in [-0.2, 0) is 0 Å². The third-order valence-electron chi connectivity index (χ3n) is 2.24. The Balaban J connectivity index is 2.92. The first-order valence-corrected chi connectivity index (χ1v) is 5.73. The lowest BCUT2D eigenvalue weighted by Crippen LogP contribution is -2.28. The minimum absolute atomic E-state index is 0.0136. The molecule has 1 aromatic rings. The maximum atomic E-state index is 13.2. The van der Waals surface area contributed by atoms with E-state index in [-0.39, 0.29) is 22.2 Å². The summed E-state index contributed by atoms with van der Waals surface area (Å²) in [6.45, 7) is 0.357. The number of amides is 1. The third-order valence-corrected chi connectivity index (χ3v) is 2.84. The van der Waals surface area contributed by atoms with E-state index in [2.05, 4.69) is 0 Å². The van der Waals surface area contributed by atoms with Crippen molar-refractivity contribution >= 4 is 29.1 Å². The van der Waals surface area contributed by atoms with E-state index in [0.29, 0.717) is 13.0 Å². The zero-order valence-electron chi connectivity index (χ0n) is 9.21. The maximum Gasteiger partial charge on any atom is 0.255 e. The second-order valence-corrected chi connectivity index (χ2v) is 4.36. The van der Waals surface area contributed by atoms with Gasteiger partial charge >= 0.3 is 0 Å². The Morgan fingerprint density at radius 2 is 2.06 bits per heavy atom. The second-order valence-electron chi connectivity index (χ2n) is 3.55. The van der Waals surface area contributed by atoms with Crippen LogP contribution in [0.2, 0.25) is 10.0 Å². The van der Waals surface area contributed by atoms with E-state index in [1.54, 1.807) is 7.05 Å². The zero-order valence-corrected chi connectivity index (χ0v) is 10.7. The van der Waals surface area contributed by atoms with Gasteiger partial charge in [0.2, 0.25) is 0 Å². The maximum absolute atomic E-state index is 13.2. The molecule has 0 bridgehead atoms. The molecule has 0 saturated carbocycles. The van der Waals surface area contributed by atoms with Crippen LogP contribution in [0, 0.1) is 5.82 Å². The summed E-state index contributed by atoms with van der Waals surface area (Å²) in [6, 6.07) is 2.22. The monoisotopic (exact) mass is 279 g/mol. The number of benzene rings is 1. The second kappa shape index (κ2) is 6.19. The largest absolute Gasteiger partial charge is 0.396 e. The van der Waals surface area contributed by atoms with Crippen molar-refractivity contribution in [2.75, 3.05) is 20.2 Å². The normalized spacial score (nSPS) is 10.4. The first-order chi connectivity index (χ1) is 7.97. The molecule has 1 amide bonds. The summed E-state index contributed by atoms with van der Waals surface area (Å²) in [5.41, 5.74) is 0.0639. The number of hydrogen-bond donors (Lipinski definition) is 1. The molecule has 0 aliphatic rings. The fourth-order valence-corrected chi connectivity index (χ4v) is 1.77. The number of carbonyl (C=O) groups is 1. The number of hydrogen-bond acceptors (Lipinski definition) is 2. The highest BCUT2D eigenvalue weighted by molar-refractivity contribution is 6.36. The molecular weight excluding hydrogens is 268 g/mol. The van der Waals surface area contributed by atoms with Gasteiger partial charge in [0.25, 0.3) is 5.91 Å². The first kappa shape index (κ1) is 14.2. The molecule has 17 heavy (non-hydrogen) atoms. The number of aliphatic hydroxyl groups is 1. The summed E-state index contributed by atoms with van der Waals surface area (Å²) in [5.74, 6) is -1.09. The SMILES string of the molecule is CN(CCCO)C(=O)c1cc(F)c(Cl)cc1Cl. The lowest BCUT2D eigenvalue weighted by atomic mass is 10.2. The molecule has 0 aliphatic carbocycles. The molecule has 0 aliphatic heterocycles. The molecule has 0 atom stereocenters. The van der Waals surface area contributed by atoms with Crippen molar-refractivity contribution in [2.24, 2.45) is 0 Å². The fourth-order valence-electron chi connectivity index (χ4n) is 1.30. The minimum atomic E-state index is -0.685. The quantitative estimate of drug-likeness (QED) is 0.861. The van der Waals surface area contributed by atoms with E-state index in [9.17, 15) is 9.18 Å². The average molecular weight is 280 g/mol. The molecule has 0 radical (unpaired) electrons. The predicted molar refractivity (Wildman–Crippen MR) is 65.1 cm³/mol. The van der Waals surface area contributed by atoms with Crippen LogP contribution in [0.3, 0.4) is 0 Å². The summed E-state index contributed by atoms with van der Waals surface area (Å²) in [4.78, 5) is 13.3. The van der Waals surface area contributed by atoms with Gasteiger partial charge in [0.1, 0.15) is 5.82 Å². The molecule has 1 N–H and O–H groups in total. The van der Waals surface area contributed by atoms with Gasteiger partial charge in [-0.05, 0) is 18.6 Å². The molecule has 6 heteroatoms. The molecule has 0 unspecified atom stereocenters. The fraction of sp³-hybridized carbons (Fsp3) is 0.364. The van der Waals surface area contributed by atoms with Crippen LogP contribution < -0.4 is 0 Å². The highest BCUT2D eigenvalue weighted by Gasteiger charge is 2.17. The zero-order chi connectivity index (χ0) is 13.0. The van der Waals surface area contributed by atoms with E-state index in [0.717, 1.165) is 6.07 Å². The average Bonchev–Trinajstić information content (AvgIpc) is 2.29. The molecule has 0 heterocycles. The van der Waals surface area contributed by atoms with Crippen LogP contribution in [0.1, 0.15) is 16.8 Å². The Bertz CT molecular complexity index is 426. The van der Waals surface area contributed by atoms with Gasteiger partial charge in [-0.15, -0.1) is 0 Å². The minimum Gasteiger partial charge on any atom is -0.396 e. The van der Waals surface area contributed by atoms with Gasteiger partial charge in [0, 0.05) is 20.2 Å². The van der Waals surface area contributed by atoms with Gasteiger partial charge in [0.05, 0.1) is 15.6 Å². The summed E-state index contributed by atoms with van der Waals surface area (Å²) in [5, 5.41) is 8.65. The molecule has 0 spiro atoms. The lowest BCUT2D eigenvalue weighted by molar-refractivity contribution is 0.0786. The molecule has 0 aromatic heterocycles. The van der Waals surface area contributed by atoms with Gasteiger partial charge in [-0.1, -0.05) is 23.2 Å². The molecule has 0 saturated heterocycles. The van der Waals surface area contributed by atoms with Crippen molar-refractivity contribution in [1.29, 1.82) is 0 Å². The van der Waals surface area contributed by atoms with Gasteiger partial charge < -0.3 is 10.0 Å². The molecule has 0 fully saturated rings. The molecule has 1 aromatic carbocycles. The molecule has 1 rings (SSSR count). The van der Waals surface area contributed by atoms with E-state index in [1.807, 2.05) is 0 Å². The number of nitrogens with zero attached hydrogens (tertiary/aromatic N) is 1. The molecular formula is C11H12Cl2FNO2. The van der Waals surface area contributed by atoms with E-state index < -0.39 is 11.7 Å². The van der Waals surface area contributed by atoms with Gasteiger partial charge in [-0.2, -0.15) is 0 Å². The van der Waals surface area contributed by atoms with Crippen molar-refractivity contribution in [1.82, 2.24) is 4.90 Å². The number of halogens is 3. The number of aliphatic hydroxyl groups excluding tert-OH is 1. The predicted octanol–water partition coefficient (Wildman–Crippen LogP) is 2.59. The summed E-state index contributed by atoms with van der Waals surface area (Å²) in [6.07, 6.45) is 0.454. The standard InChI is InChI=1S/C11H12Cl2FNO2/c1-15(3-2-4-16)11(17)7-5-10(14)9(13)6-8(7)12/h5-6,16H,2-4H2,1H3. The summed E-state index contributed by atoms with van der Waals surface area (Å²) < 4.78 is 13.2. The van der Waals surface area contributed by atoms with Crippen molar-refractivity contribution < 1.29 is 14.3 Å². The summed E-state index contributed by atoms with van der Waals surface area (Å²) in [7, 11) is 1.56. The van der Waals surface area contributed by atoms with Crippen molar-refractivity contribution in [3.05, 3.63) is 33.6 Å². The first-order valence-electron chi connectivity index (χ1n) is 4.98. The number of rotatable bonds is 4. The van der Waals surface area contributed by atoms with Gasteiger partial charge in [0.15, 0.2) is 0 Å². The van der Waals surface area contributed by atoms with Gasteiger partial charge in [-0.3, -0.25) is 4.79 Å². The van der Waals surface area contributed by atoms with Gasteiger partial charge in [-0.25, -0.2) is 4.39 Å². The van der Waals surface area contributed by atoms with Crippen LogP contribution >= 0.6 is 23.2 Å². The van der Waals surface area contributed by atoms with Crippen molar-refractivity contribution in [2.45, 2.75) is 6.42 Å². The van der Waals surface area contributed by atoms with Crippen LogP contribution in [-0.4, -0.2) is 36.1 Å². The Kier molecular flexibility index (Phi) is 5.18. The van der Waals surface area contributed by atoms with E-state index in [1.165, 1.54) is 11.0 Å². The molecule has 3 nitrogen and oxygen atoms in total. The Morgan fingerprint density at radius 1 is 1.41 bits per heavy atom. The Hall–Kier alpha value is -0.840. The van der Waals surface area contributed by atoms with E-state index >= 15 is 0 Å². The highest BCUT2D eigenvalue weighted by Crippen LogP contribution is 2.25. The van der Waals surface area contributed by atoms with Crippen LogP contribution in [0.5, 0.6) is 0 Å². The van der Waals surface area contributed by atoms with Crippen LogP contribution in [0.4, 0.5) is 4.39 Å². The van der Waals surface area contributed by atoms with Crippen molar-refractivity contribution in [3.63, 3.8) is 0 Å². The topological polar surface area (TPSA) is 40.5 Å². The number of carbonyl (C=O) groups excluding carboxylic acids is 1. The van der Waals surface area contributed by atoms with Crippen molar-refractivity contribution in [3.8, 4) is 0 Å². The smallest absolute Gasteiger partial charge is 0.255 e. The van der Waals surface area contributed by atoms with E-state index in [4.69, 9.17) is 28.3 Å². The third kappa shape index (κ3) is 3.56. The lowest BCUT2D eigenvalue weighted by Gasteiger charge is -2.17. The van der Waals surface area contributed by atoms with Crippen LogP contribution in [0.15, 0.2) is 12.1 Å².